The van der Waals surface area contributed by atoms with Crippen molar-refractivity contribution in [2.75, 3.05) is 5.32 Å². The molecule has 2 aromatic carbocycles. The Kier molecular flexibility index (Phi) is 6.33. The molecule has 0 fully saturated rings. The van der Waals surface area contributed by atoms with Gasteiger partial charge in [-0.25, -0.2) is 5.06 Å². The van der Waals surface area contributed by atoms with E-state index in [-0.39, 0.29) is 24.8 Å². The third-order valence-corrected chi connectivity index (χ3v) is 3.94. The Hall–Kier alpha value is -3.71. The van der Waals surface area contributed by atoms with Crippen LogP contribution in [0.25, 0.3) is 0 Å². The number of carbonyl (C=O) groups is 2. The van der Waals surface area contributed by atoms with Gasteiger partial charge in [-0.05, 0) is 41.5 Å². The Balaban J connectivity index is 1.57. The number of hydroxylamine groups is 2. The van der Waals surface area contributed by atoms with E-state index in [9.17, 15) is 14.7 Å². The maximum atomic E-state index is 12.3. The summed E-state index contributed by atoms with van der Waals surface area (Å²) in [6.07, 6.45) is 3.94. The van der Waals surface area contributed by atoms with Gasteiger partial charge >= 0.3 is 0 Å². The second-order valence-corrected chi connectivity index (χ2v) is 5.98. The molecule has 0 aliphatic rings. The summed E-state index contributed by atoms with van der Waals surface area (Å²) in [5.74, 6) is -0.340. The highest BCUT2D eigenvalue weighted by Gasteiger charge is 2.10. The first kappa shape index (κ1) is 19.1. The molecule has 3 aromatic rings. The van der Waals surface area contributed by atoms with Crippen molar-refractivity contribution in [2.45, 2.75) is 13.2 Å². The lowest BCUT2D eigenvalue weighted by Gasteiger charge is -2.17. The smallest absolute Gasteiger partial charge is 0.255 e. The fraction of sp³-hybridized carbons (Fsp3) is 0.0952. The van der Waals surface area contributed by atoms with Crippen molar-refractivity contribution in [3.8, 4) is 5.75 Å². The van der Waals surface area contributed by atoms with Gasteiger partial charge in [0.15, 0.2) is 0 Å². The third kappa shape index (κ3) is 5.15. The van der Waals surface area contributed by atoms with E-state index in [1.54, 1.807) is 60.9 Å². The van der Waals surface area contributed by atoms with E-state index in [1.165, 1.54) is 11.1 Å². The number of pyridine rings is 1. The molecular formula is C21H19N3O4. The Morgan fingerprint density at radius 2 is 1.86 bits per heavy atom. The van der Waals surface area contributed by atoms with Crippen LogP contribution in [0.5, 0.6) is 5.75 Å². The number of benzene rings is 2. The number of hydrogen-bond acceptors (Lipinski definition) is 5. The number of aromatic nitrogens is 1. The zero-order chi connectivity index (χ0) is 19.8. The number of hydrogen-bond donors (Lipinski definition) is 2. The van der Waals surface area contributed by atoms with E-state index >= 15 is 0 Å². The SMILES string of the molecule is O=CN(Cc1ccc(C(=O)Nc2ccccc2O)cc1)OCc1cccnc1. The van der Waals surface area contributed by atoms with Gasteiger partial charge in [-0.2, -0.15) is 0 Å². The topological polar surface area (TPSA) is 91.8 Å². The molecule has 2 amide bonds. The van der Waals surface area contributed by atoms with E-state index in [1.807, 2.05) is 6.07 Å². The van der Waals surface area contributed by atoms with Gasteiger partial charge in [0.2, 0.25) is 6.41 Å². The molecule has 7 nitrogen and oxygen atoms in total. The van der Waals surface area contributed by atoms with Gasteiger partial charge in [0.1, 0.15) is 12.4 Å². The number of para-hydroxylation sites is 2. The van der Waals surface area contributed by atoms with Crippen LogP contribution in [-0.4, -0.2) is 27.5 Å². The van der Waals surface area contributed by atoms with Crippen LogP contribution in [0, 0.1) is 0 Å². The summed E-state index contributed by atoms with van der Waals surface area (Å²) in [5.41, 5.74) is 2.43. The van der Waals surface area contributed by atoms with Gasteiger partial charge < -0.3 is 10.4 Å². The molecule has 0 saturated heterocycles. The lowest BCUT2D eigenvalue weighted by atomic mass is 10.1. The van der Waals surface area contributed by atoms with Crippen LogP contribution in [0.2, 0.25) is 0 Å². The molecule has 0 saturated carbocycles. The molecule has 0 bridgehead atoms. The highest BCUT2D eigenvalue weighted by atomic mass is 16.7. The van der Waals surface area contributed by atoms with Crippen molar-refractivity contribution in [2.24, 2.45) is 0 Å². The van der Waals surface area contributed by atoms with Gasteiger partial charge in [-0.1, -0.05) is 30.3 Å². The summed E-state index contributed by atoms with van der Waals surface area (Å²) in [6, 6.07) is 16.9. The van der Waals surface area contributed by atoms with Crippen molar-refractivity contribution < 1.29 is 19.5 Å². The number of phenols is 1. The van der Waals surface area contributed by atoms with Crippen LogP contribution in [0.4, 0.5) is 5.69 Å². The molecule has 0 aliphatic carbocycles. The molecule has 0 aliphatic heterocycles. The lowest BCUT2D eigenvalue weighted by molar-refractivity contribution is -0.181. The number of carbonyl (C=O) groups excluding carboxylic acids is 2. The van der Waals surface area contributed by atoms with Gasteiger partial charge in [-0.3, -0.25) is 19.4 Å². The fourth-order valence-electron chi connectivity index (χ4n) is 2.47. The van der Waals surface area contributed by atoms with Crippen molar-refractivity contribution in [3.05, 3.63) is 89.7 Å². The van der Waals surface area contributed by atoms with Crippen LogP contribution in [-0.2, 0) is 22.8 Å². The molecule has 0 radical (unpaired) electrons. The summed E-state index contributed by atoms with van der Waals surface area (Å²) < 4.78 is 0. The number of rotatable bonds is 8. The van der Waals surface area contributed by atoms with Crippen molar-refractivity contribution in [3.63, 3.8) is 0 Å². The van der Waals surface area contributed by atoms with Crippen LogP contribution in [0.1, 0.15) is 21.5 Å². The van der Waals surface area contributed by atoms with Gasteiger partial charge in [0.25, 0.3) is 5.91 Å². The maximum absolute atomic E-state index is 12.3. The summed E-state index contributed by atoms with van der Waals surface area (Å²) in [5, 5.41) is 13.6. The number of phenolic OH excluding ortho intramolecular Hbond substituents is 1. The van der Waals surface area contributed by atoms with E-state index < -0.39 is 0 Å². The van der Waals surface area contributed by atoms with E-state index in [0.717, 1.165) is 11.1 Å². The molecule has 2 N–H and O–H groups in total. The van der Waals surface area contributed by atoms with Gasteiger partial charge in [0.05, 0.1) is 12.2 Å². The van der Waals surface area contributed by atoms with Crippen LogP contribution >= 0.6 is 0 Å². The van der Waals surface area contributed by atoms with E-state index in [0.29, 0.717) is 17.7 Å². The zero-order valence-electron chi connectivity index (χ0n) is 15.0. The van der Waals surface area contributed by atoms with E-state index in [4.69, 9.17) is 4.84 Å². The fourth-order valence-corrected chi connectivity index (χ4v) is 2.47. The molecule has 1 aromatic heterocycles. The minimum atomic E-state index is -0.340. The average molecular weight is 377 g/mol. The van der Waals surface area contributed by atoms with Crippen molar-refractivity contribution in [1.82, 2.24) is 10.0 Å². The normalized spacial score (nSPS) is 10.3. The monoisotopic (exact) mass is 377 g/mol. The minimum absolute atomic E-state index is 0.000130. The highest BCUT2D eigenvalue weighted by Crippen LogP contribution is 2.22. The van der Waals surface area contributed by atoms with Crippen LogP contribution < -0.4 is 5.32 Å². The number of amides is 2. The Labute approximate surface area is 162 Å². The van der Waals surface area contributed by atoms with Crippen LogP contribution in [0.15, 0.2) is 73.1 Å². The predicted molar refractivity (Wildman–Crippen MR) is 103 cm³/mol. The molecule has 142 valence electrons. The summed E-state index contributed by atoms with van der Waals surface area (Å²) in [7, 11) is 0. The molecule has 7 heteroatoms. The minimum Gasteiger partial charge on any atom is -0.506 e. The Morgan fingerprint density at radius 1 is 1.07 bits per heavy atom. The number of nitrogens with one attached hydrogen (secondary N) is 1. The Morgan fingerprint density at radius 3 is 2.54 bits per heavy atom. The Bertz CT molecular complexity index is 930. The number of nitrogens with zero attached hydrogens (tertiary/aromatic N) is 2. The lowest BCUT2D eigenvalue weighted by Crippen LogP contribution is -2.21. The largest absolute Gasteiger partial charge is 0.506 e. The highest BCUT2D eigenvalue weighted by molar-refractivity contribution is 6.04. The molecule has 3 rings (SSSR count). The molecule has 1 heterocycles. The number of aromatic hydroxyl groups is 1. The molecule has 28 heavy (non-hydrogen) atoms. The summed E-state index contributed by atoms with van der Waals surface area (Å²) in [6.45, 7) is 0.471. The van der Waals surface area contributed by atoms with Crippen LogP contribution in [0.3, 0.4) is 0 Å². The molecule has 0 atom stereocenters. The molecule has 0 unspecified atom stereocenters. The predicted octanol–water partition coefficient (Wildman–Crippen LogP) is 3.13. The summed E-state index contributed by atoms with van der Waals surface area (Å²) >= 11 is 0. The standard InChI is InChI=1S/C21H19N3O4/c25-15-24(28-14-17-4-3-11-22-12-17)13-16-7-9-18(10-8-16)21(27)23-19-5-1-2-6-20(19)26/h1-12,15,26H,13-14H2,(H,23,27). The van der Waals surface area contributed by atoms with Crippen molar-refractivity contribution >= 4 is 18.0 Å². The first-order valence-corrected chi connectivity index (χ1v) is 8.58. The quantitative estimate of drug-likeness (QED) is 0.357. The number of anilines is 1. The van der Waals surface area contributed by atoms with E-state index in [2.05, 4.69) is 10.3 Å². The van der Waals surface area contributed by atoms with Crippen molar-refractivity contribution in [1.29, 1.82) is 0 Å². The molecular weight excluding hydrogens is 358 g/mol. The average Bonchev–Trinajstić information content (AvgIpc) is 2.74. The second-order valence-electron chi connectivity index (χ2n) is 5.98. The van der Waals surface area contributed by atoms with Gasteiger partial charge in [-0.15, -0.1) is 0 Å². The second kappa shape index (κ2) is 9.29. The third-order valence-electron chi connectivity index (χ3n) is 3.94. The van der Waals surface area contributed by atoms with Gasteiger partial charge in [0, 0.05) is 18.0 Å². The first-order valence-electron chi connectivity index (χ1n) is 8.58. The summed E-state index contributed by atoms with van der Waals surface area (Å²) in [4.78, 5) is 33.0. The zero-order valence-corrected chi connectivity index (χ0v) is 15.0. The first-order chi connectivity index (χ1) is 13.7. The maximum Gasteiger partial charge on any atom is 0.255 e. The molecule has 0 spiro atoms.